The second-order valence-electron chi connectivity index (χ2n) is 4.48. The standard InChI is InChI=1S/C16H16N2O3/c1-11-7-9-12(10-8-11)17-16(20)18-14-6-4-3-5-13(14)15(19)21-2/h3-10H,1-2H3,(H2,17,18,20). The molecule has 2 aromatic rings. The van der Waals surface area contributed by atoms with Crippen molar-refractivity contribution in [2.75, 3.05) is 17.7 Å². The molecule has 108 valence electrons. The van der Waals surface area contributed by atoms with Crippen LogP contribution >= 0.6 is 0 Å². The molecule has 0 saturated heterocycles. The average molecular weight is 284 g/mol. The average Bonchev–Trinajstić information content (AvgIpc) is 2.49. The highest BCUT2D eigenvalue weighted by Gasteiger charge is 2.13. The molecule has 2 N–H and O–H groups in total. The smallest absolute Gasteiger partial charge is 0.339 e. The van der Waals surface area contributed by atoms with Crippen LogP contribution in [-0.4, -0.2) is 19.1 Å². The molecule has 0 unspecified atom stereocenters. The van der Waals surface area contributed by atoms with Gasteiger partial charge in [-0.25, -0.2) is 9.59 Å². The van der Waals surface area contributed by atoms with Crippen LogP contribution in [0.15, 0.2) is 48.5 Å². The Hall–Kier alpha value is -2.82. The van der Waals surface area contributed by atoms with Gasteiger partial charge in [0, 0.05) is 5.69 Å². The van der Waals surface area contributed by atoms with Crippen LogP contribution in [-0.2, 0) is 4.74 Å². The predicted molar refractivity (Wildman–Crippen MR) is 81.6 cm³/mol. The van der Waals surface area contributed by atoms with E-state index in [4.69, 9.17) is 0 Å². The molecule has 0 aliphatic carbocycles. The molecule has 0 heterocycles. The number of carbonyl (C=O) groups is 2. The molecule has 0 fully saturated rings. The first-order valence-corrected chi connectivity index (χ1v) is 6.42. The van der Waals surface area contributed by atoms with Gasteiger partial charge in [0.1, 0.15) is 0 Å². The molecule has 2 rings (SSSR count). The Morgan fingerprint density at radius 1 is 0.952 bits per heavy atom. The Labute approximate surface area is 122 Å². The number of anilines is 2. The summed E-state index contributed by atoms with van der Waals surface area (Å²) in [6.45, 7) is 1.97. The summed E-state index contributed by atoms with van der Waals surface area (Å²) in [6, 6.07) is 13.7. The highest BCUT2D eigenvalue weighted by Crippen LogP contribution is 2.16. The van der Waals surface area contributed by atoms with Gasteiger partial charge in [-0.05, 0) is 31.2 Å². The van der Waals surface area contributed by atoms with E-state index in [1.165, 1.54) is 7.11 Å². The van der Waals surface area contributed by atoms with Gasteiger partial charge >= 0.3 is 12.0 Å². The molecule has 5 heteroatoms. The largest absolute Gasteiger partial charge is 0.465 e. The first-order chi connectivity index (χ1) is 10.1. The zero-order chi connectivity index (χ0) is 15.2. The van der Waals surface area contributed by atoms with E-state index in [0.717, 1.165) is 5.56 Å². The number of urea groups is 1. The van der Waals surface area contributed by atoms with Crippen LogP contribution < -0.4 is 10.6 Å². The number of hydrogen-bond donors (Lipinski definition) is 2. The number of benzene rings is 2. The molecule has 0 aliphatic heterocycles. The van der Waals surface area contributed by atoms with Crippen LogP contribution in [0.4, 0.5) is 16.2 Å². The minimum absolute atomic E-state index is 0.305. The van der Waals surface area contributed by atoms with Gasteiger partial charge in [0.2, 0.25) is 0 Å². The number of amides is 2. The van der Waals surface area contributed by atoms with Gasteiger partial charge in [0.15, 0.2) is 0 Å². The summed E-state index contributed by atoms with van der Waals surface area (Å²) in [7, 11) is 1.30. The maximum atomic E-state index is 12.0. The first-order valence-electron chi connectivity index (χ1n) is 6.42. The third-order valence-corrected chi connectivity index (χ3v) is 2.89. The lowest BCUT2D eigenvalue weighted by molar-refractivity contribution is 0.0602. The third kappa shape index (κ3) is 3.82. The fraction of sp³-hybridized carbons (Fsp3) is 0.125. The normalized spacial score (nSPS) is 9.81. The van der Waals surface area contributed by atoms with E-state index in [2.05, 4.69) is 15.4 Å². The molecule has 0 bridgehead atoms. The number of esters is 1. The molecule has 21 heavy (non-hydrogen) atoms. The van der Waals surface area contributed by atoms with Gasteiger partial charge in [-0.15, -0.1) is 0 Å². The summed E-state index contributed by atoms with van der Waals surface area (Å²) >= 11 is 0. The predicted octanol–water partition coefficient (Wildman–Crippen LogP) is 3.43. The lowest BCUT2D eigenvalue weighted by atomic mass is 10.2. The maximum absolute atomic E-state index is 12.0. The summed E-state index contributed by atoms with van der Waals surface area (Å²) in [5.41, 5.74) is 2.48. The number of ether oxygens (including phenoxy) is 1. The highest BCUT2D eigenvalue weighted by atomic mass is 16.5. The second-order valence-corrected chi connectivity index (χ2v) is 4.48. The zero-order valence-electron chi connectivity index (χ0n) is 11.8. The van der Waals surface area contributed by atoms with E-state index < -0.39 is 12.0 Å². The summed E-state index contributed by atoms with van der Waals surface area (Å²) in [5, 5.41) is 5.34. The number of aryl methyl sites for hydroxylation is 1. The van der Waals surface area contributed by atoms with Gasteiger partial charge in [-0.3, -0.25) is 0 Å². The monoisotopic (exact) mass is 284 g/mol. The molecule has 0 spiro atoms. The Morgan fingerprint density at radius 2 is 1.62 bits per heavy atom. The Balaban J connectivity index is 2.09. The zero-order valence-corrected chi connectivity index (χ0v) is 11.8. The van der Waals surface area contributed by atoms with E-state index >= 15 is 0 Å². The van der Waals surface area contributed by atoms with E-state index in [-0.39, 0.29) is 0 Å². The maximum Gasteiger partial charge on any atom is 0.339 e. The van der Waals surface area contributed by atoms with Crippen molar-refractivity contribution in [2.24, 2.45) is 0 Å². The fourth-order valence-electron chi connectivity index (χ4n) is 1.80. The van der Waals surface area contributed by atoms with Gasteiger partial charge in [0.25, 0.3) is 0 Å². The third-order valence-electron chi connectivity index (χ3n) is 2.89. The number of nitrogens with one attached hydrogen (secondary N) is 2. The van der Waals surface area contributed by atoms with E-state index in [1.807, 2.05) is 19.1 Å². The number of para-hydroxylation sites is 1. The minimum atomic E-state index is -0.499. The molecule has 0 aromatic heterocycles. The van der Waals surface area contributed by atoms with Crippen molar-refractivity contribution in [1.29, 1.82) is 0 Å². The number of rotatable bonds is 3. The van der Waals surface area contributed by atoms with Crippen LogP contribution in [0.25, 0.3) is 0 Å². The van der Waals surface area contributed by atoms with Crippen molar-refractivity contribution in [2.45, 2.75) is 6.92 Å². The summed E-state index contributed by atoms with van der Waals surface area (Å²) in [4.78, 5) is 23.6. The topological polar surface area (TPSA) is 67.4 Å². The van der Waals surface area contributed by atoms with Crippen molar-refractivity contribution < 1.29 is 14.3 Å². The van der Waals surface area contributed by atoms with Crippen LogP contribution in [0.3, 0.4) is 0 Å². The second kappa shape index (κ2) is 6.56. The molecule has 5 nitrogen and oxygen atoms in total. The molecular weight excluding hydrogens is 268 g/mol. The molecule has 0 atom stereocenters. The van der Waals surface area contributed by atoms with Gasteiger partial charge in [-0.2, -0.15) is 0 Å². The van der Waals surface area contributed by atoms with Crippen molar-refractivity contribution >= 4 is 23.4 Å². The van der Waals surface area contributed by atoms with Crippen LogP contribution in [0, 0.1) is 6.92 Å². The number of hydrogen-bond acceptors (Lipinski definition) is 3. The van der Waals surface area contributed by atoms with E-state index in [1.54, 1.807) is 36.4 Å². The van der Waals surface area contributed by atoms with E-state index in [9.17, 15) is 9.59 Å². The summed E-state index contributed by atoms with van der Waals surface area (Å²) in [5.74, 6) is -0.499. The van der Waals surface area contributed by atoms with Gasteiger partial charge < -0.3 is 15.4 Å². The van der Waals surface area contributed by atoms with Crippen LogP contribution in [0.2, 0.25) is 0 Å². The minimum Gasteiger partial charge on any atom is -0.465 e. The Kier molecular flexibility index (Phi) is 4.56. The first kappa shape index (κ1) is 14.6. The number of methoxy groups -OCH3 is 1. The molecular formula is C16H16N2O3. The molecule has 0 radical (unpaired) electrons. The van der Waals surface area contributed by atoms with Crippen molar-refractivity contribution in [3.8, 4) is 0 Å². The molecule has 2 amide bonds. The lowest BCUT2D eigenvalue weighted by Gasteiger charge is -2.10. The van der Waals surface area contributed by atoms with Crippen molar-refractivity contribution in [3.05, 3.63) is 59.7 Å². The summed E-state index contributed by atoms with van der Waals surface area (Å²) < 4.78 is 4.68. The van der Waals surface area contributed by atoms with Crippen molar-refractivity contribution in [1.82, 2.24) is 0 Å². The Bertz CT molecular complexity index is 651. The quantitative estimate of drug-likeness (QED) is 0.848. The van der Waals surface area contributed by atoms with E-state index in [0.29, 0.717) is 16.9 Å². The Morgan fingerprint density at radius 3 is 2.29 bits per heavy atom. The van der Waals surface area contributed by atoms with Gasteiger partial charge in [0.05, 0.1) is 18.4 Å². The molecule has 0 aliphatic rings. The SMILES string of the molecule is COC(=O)c1ccccc1NC(=O)Nc1ccc(C)cc1. The lowest BCUT2D eigenvalue weighted by Crippen LogP contribution is -2.21. The number of carbonyl (C=O) groups excluding carboxylic acids is 2. The highest BCUT2D eigenvalue weighted by molar-refractivity contribution is 6.05. The summed E-state index contributed by atoms with van der Waals surface area (Å²) in [6.07, 6.45) is 0. The molecule has 0 saturated carbocycles. The fourth-order valence-corrected chi connectivity index (χ4v) is 1.80. The van der Waals surface area contributed by atoms with Gasteiger partial charge in [-0.1, -0.05) is 29.8 Å². The van der Waals surface area contributed by atoms with Crippen LogP contribution in [0.1, 0.15) is 15.9 Å². The van der Waals surface area contributed by atoms with Crippen LogP contribution in [0.5, 0.6) is 0 Å². The molecule has 2 aromatic carbocycles. The van der Waals surface area contributed by atoms with Crippen molar-refractivity contribution in [3.63, 3.8) is 0 Å².